The maximum atomic E-state index is 11.4. The molecule has 0 unspecified atom stereocenters. The third kappa shape index (κ3) is 5.44. The summed E-state index contributed by atoms with van der Waals surface area (Å²) < 4.78 is 19.1. The molecule has 1 N–H and O–H groups in total. The van der Waals surface area contributed by atoms with Gasteiger partial charge in [-0.2, -0.15) is 0 Å². The first-order valence-corrected chi connectivity index (χ1v) is 10.9. The van der Waals surface area contributed by atoms with Crippen LogP contribution in [0.1, 0.15) is 33.3 Å². The van der Waals surface area contributed by atoms with Gasteiger partial charge < -0.3 is 23.9 Å². The lowest BCUT2D eigenvalue weighted by Crippen LogP contribution is -2.34. The summed E-state index contributed by atoms with van der Waals surface area (Å²) in [4.78, 5) is 11.4. The van der Waals surface area contributed by atoms with E-state index >= 15 is 0 Å². The number of hydrogen-bond donors (Lipinski definition) is 1. The summed E-state index contributed by atoms with van der Waals surface area (Å²) in [7, 11) is 0. The Labute approximate surface area is 193 Å². The molecule has 6 nitrogen and oxygen atoms in total. The molecule has 3 rings (SSSR count). The molecule has 170 valence electrons. The summed E-state index contributed by atoms with van der Waals surface area (Å²) in [5.41, 5.74) is 2.04. The summed E-state index contributed by atoms with van der Waals surface area (Å²) in [6.07, 6.45) is 1.90. The Morgan fingerprint density at radius 3 is 2.22 bits per heavy atom. The predicted molar refractivity (Wildman–Crippen MR) is 125 cm³/mol. The van der Waals surface area contributed by atoms with Gasteiger partial charge in [-0.05, 0) is 63.6 Å². The van der Waals surface area contributed by atoms with Crippen molar-refractivity contribution in [1.82, 2.24) is 4.57 Å². The second-order valence-electron chi connectivity index (χ2n) is 7.72. The molecule has 2 aromatic carbocycles. The fourth-order valence-corrected chi connectivity index (χ4v) is 3.44. The monoisotopic (exact) mass is 457 g/mol. The molecule has 1 aromatic heterocycles. The fourth-order valence-electron chi connectivity index (χ4n) is 3.21. The number of para-hydroxylation sites is 1. The van der Waals surface area contributed by atoms with Gasteiger partial charge in [0.25, 0.3) is 0 Å². The van der Waals surface area contributed by atoms with Gasteiger partial charge in [0.15, 0.2) is 5.60 Å². The number of nitrogens with zero attached hydrogens (tertiary/aromatic N) is 1. The molecule has 0 saturated carbocycles. The minimum Gasteiger partial charge on any atom is -0.494 e. The highest BCUT2D eigenvalue weighted by molar-refractivity contribution is 6.32. The van der Waals surface area contributed by atoms with Gasteiger partial charge >= 0.3 is 5.97 Å². The molecule has 32 heavy (non-hydrogen) atoms. The number of carboxylic acid groups (broad SMARTS) is 1. The van der Waals surface area contributed by atoms with Crippen molar-refractivity contribution in [1.29, 1.82) is 0 Å². The van der Waals surface area contributed by atoms with E-state index in [1.165, 1.54) is 13.8 Å². The third-order valence-electron chi connectivity index (χ3n) is 4.90. The minimum atomic E-state index is -1.30. The molecular weight excluding hydrogens is 430 g/mol. The Bertz CT molecular complexity index is 1070. The number of hydrogen-bond acceptors (Lipinski definition) is 4. The van der Waals surface area contributed by atoms with Gasteiger partial charge in [0.05, 0.1) is 36.2 Å². The first-order chi connectivity index (χ1) is 15.2. The fraction of sp³-hybridized carbons (Fsp3) is 0.320. The largest absolute Gasteiger partial charge is 0.494 e. The molecule has 0 aliphatic carbocycles. The summed E-state index contributed by atoms with van der Waals surface area (Å²) in [6.45, 7) is 8.11. The molecule has 0 fully saturated rings. The Morgan fingerprint density at radius 1 is 1.03 bits per heavy atom. The highest BCUT2D eigenvalue weighted by Crippen LogP contribution is 2.35. The van der Waals surface area contributed by atoms with E-state index in [9.17, 15) is 9.90 Å². The average Bonchev–Trinajstić information content (AvgIpc) is 3.17. The van der Waals surface area contributed by atoms with Crippen molar-refractivity contribution >= 4 is 17.6 Å². The van der Waals surface area contributed by atoms with Crippen molar-refractivity contribution in [2.45, 2.75) is 39.9 Å². The normalized spacial score (nSPS) is 11.4. The van der Waals surface area contributed by atoms with Gasteiger partial charge in [0.1, 0.15) is 11.5 Å². The lowest BCUT2D eigenvalue weighted by atomic mass is 10.1. The minimum absolute atomic E-state index is 0.132. The van der Waals surface area contributed by atoms with Crippen molar-refractivity contribution in [2.75, 3.05) is 13.2 Å². The molecule has 1 heterocycles. The lowest BCUT2D eigenvalue weighted by molar-refractivity contribution is -0.162. The Kier molecular flexibility index (Phi) is 7.48. The van der Waals surface area contributed by atoms with Crippen LogP contribution in [0.2, 0.25) is 5.02 Å². The number of carbonyl (C=O) groups is 1. The predicted octanol–water partition coefficient (Wildman–Crippen LogP) is 5.97. The first-order valence-electron chi connectivity index (χ1n) is 10.5. The maximum Gasteiger partial charge on any atom is 0.335 e. The van der Waals surface area contributed by atoms with Gasteiger partial charge in [0, 0.05) is 17.8 Å². The zero-order valence-corrected chi connectivity index (χ0v) is 19.5. The highest BCUT2D eigenvalue weighted by atomic mass is 35.5. The first kappa shape index (κ1) is 23.7. The molecule has 0 radical (unpaired) electrons. The van der Waals surface area contributed by atoms with Gasteiger partial charge in [-0.15, -0.1) is 0 Å². The van der Waals surface area contributed by atoms with E-state index in [1.54, 1.807) is 0 Å². The zero-order valence-electron chi connectivity index (χ0n) is 18.7. The number of ether oxygens (including phenoxy) is 3. The molecule has 0 spiro atoms. The zero-order chi connectivity index (χ0) is 23.3. The summed E-state index contributed by atoms with van der Waals surface area (Å²) in [6, 6.07) is 15.2. The van der Waals surface area contributed by atoms with Crippen molar-refractivity contribution in [3.8, 4) is 28.4 Å². The quantitative estimate of drug-likeness (QED) is 0.406. The van der Waals surface area contributed by atoms with Crippen molar-refractivity contribution in [2.24, 2.45) is 0 Å². The third-order valence-corrected chi connectivity index (χ3v) is 5.22. The second-order valence-corrected chi connectivity index (χ2v) is 8.13. The van der Waals surface area contributed by atoms with Gasteiger partial charge in [0.2, 0.25) is 0 Å². The van der Waals surface area contributed by atoms with E-state index in [2.05, 4.69) is 0 Å². The van der Waals surface area contributed by atoms with Crippen LogP contribution in [0.5, 0.6) is 11.5 Å². The molecule has 3 aromatic rings. The van der Waals surface area contributed by atoms with E-state index in [0.29, 0.717) is 29.7 Å². The molecule has 0 aliphatic rings. The van der Waals surface area contributed by atoms with E-state index in [-0.39, 0.29) is 6.61 Å². The number of halogens is 1. The topological polar surface area (TPSA) is 69.9 Å². The van der Waals surface area contributed by atoms with Gasteiger partial charge in [-0.25, -0.2) is 4.79 Å². The van der Waals surface area contributed by atoms with Gasteiger partial charge in [-0.3, -0.25) is 0 Å². The molecule has 0 saturated heterocycles. The van der Waals surface area contributed by atoms with Crippen LogP contribution in [0.25, 0.3) is 16.9 Å². The van der Waals surface area contributed by atoms with Crippen LogP contribution < -0.4 is 9.47 Å². The van der Waals surface area contributed by atoms with Crippen LogP contribution in [-0.4, -0.2) is 34.5 Å². The molecule has 0 atom stereocenters. The Morgan fingerprint density at radius 2 is 1.66 bits per heavy atom. The van der Waals surface area contributed by atoms with Crippen LogP contribution >= 0.6 is 11.6 Å². The van der Waals surface area contributed by atoms with E-state index in [0.717, 1.165) is 22.5 Å². The van der Waals surface area contributed by atoms with E-state index in [4.69, 9.17) is 25.8 Å². The number of benzene rings is 2. The SMILES string of the molecule is CCOc1cc(OCC)cc(-c2cc(COC(C)(C)C(=O)O)cn2-c2ccccc2Cl)c1. The Hall–Kier alpha value is -2.96. The van der Waals surface area contributed by atoms with Gasteiger partial charge in [-0.1, -0.05) is 23.7 Å². The summed E-state index contributed by atoms with van der Waals surface area (Å²) in [5, 5.41) is 9.95. The number of carboxylic acids is 1. The molecule has 0 aliphatic heterocycles. The number of rotatable bonds is 10. The maximum absolute atomic E-state index is 11.4. The van der Waals surface area contributed by atoms with E-state index in [1.807, 2.05) is 73.1 Å². The standard InChI is InChI=1S/C25H28ClNO5/c1-5-30-19-12-18(13-20(14-19)31-6-2)23-11-17(16-32-25(3,4)24(28)29)15-27(23)22-10-8-7-9-21(22)26/h7-15H,5-6,16H2,1-4H3,(H,28,29). The summed E-state index contributed by atoms with van der Waals surface area (Å²) in [5.74, 6) is 0.379. The highest BCUT2D eigenvalue weighted by Gasteiger charge is 2.28. The number of aromatic nitrogens is 1. The lowest BCUT2D eigenvalue weighted by Gasteiger charge is -2.19. The molecular formula is C25H28ClNO5. The van der Waals surface area contributed by atoms with Crippen molar-refractivity contribution in [3.05, 3.63) is 65.3 Å². The van der Waals surface area contributed by atoms with Crippen LogP contribution in [0, 0.1) is 0 Å². The second kappa shape index (κ2) is 10.1. The van der Waals surface area contributed by atoms with Crippen LogP contribution in [0.4, 0.5) is 0 Å². The average molecular weight is 458 g/mol. The van der Waals surface area contributed by atoms with Crippen molar-refractivity contribution in [3.63, 3.8) is 0 Å². The van der Waals surface area contributed by atoms with Crippen LogP contribution in [-0.2, 0) is 16.1 Å². The van der Waals surface area contributed by atoms with E-state index < -0.39 is 11.6 Å². The smallest absolute Gasteiger partial charge is 0.335 e. The molecule has 0 amide bonds. The number of aliphatic carboxylic acids is 1. The van der Waals surface area contributed by atoms with Crippen LogP contribution in [0.15, 0.2) is 54.7 Å². The van der Waals surface area contributed by atoms with Crippen LogP contribution in [0.3, 0.4) is 0 Å². The molecule has 0 bridgehead atoms. The Balaban J connectivity index is 2.10. The summed E-state index contributed by atoms with van der Waals surface area (Å²) >= 11 is 6.50. The van der Waals surface area contributed by atoms with Crippen molar-refractivity contribution < 1.29 is 24.1 Å². The molecule has 7 heteroatoms.